The number of benzene rings is 1. The van der Waals surface area contributed by atoms with Crippen molar-refractivity contribution < 1.29 is 15.0 Å². The maximum atomic E-state index is 11.5. The third kappa shape index (κ3) is 2.37. The van der Waals surface area contributed by atoms with Crippen LogP contribution in [0.15, 0.2) is 12.1 Å². The number of hydrogen-bond donors (Lipinski definition) is 2. The summed E-state index contributed by atoms with van der Waals surface area (Å²) in [6.45, 7) is 1.89. The fraction of sp³-hybridized carbons (Fsp3) is 0.300. The van der Waals surface area contributed by atoms with E-state index in [-0.39, 0.29) is 22.8 Å². The van der Waals surface area contributed by atoms with Crippen LogP contribution in [0.1, 0.15) is 30.1 Å². The fourth-order valence-corrected chi connectivity index (χ4v) is 1.59. The molecule has 0 aliphatic carbocycles. The van der Waals surface area contributed by atoms with Crippen LogP contribution in [0.3, 0.4) is 0 Å². The van der Waals surface area contributed by atoms with E-state index in [0.29, 0.717) is 9.99 Å². The highest BCUT2D eigenvalue weighted by Gasteiger charge is 2.13. The number of phenolic OH excluding ortho intramolecular Hbond substituents is 2. The van der Waals surface area contributed by atoms with Crippen LogP contribution in [0.4, 0.5) is 0 Å². The number of halogens is 1. The highest BCUT2D eigenvalue weighted by atomic mass is 127. The predicted molar refractivity (Wildman–Crippen MR) is 61.7 cm³/mol. The van der Waals surface area contributed by atoms with Crippen LogP contribution >= 0.6 is 22.6 Å². The minimum absolute atomic E-state index is 0.0304. The minimum atomic E-state index is -0.142. The zero-order chi connectivity index (χ0) is 10.7. The second-order valence-corrected chi connectivity index (χ2v) is 4.16. The van der Waals surface area contributed by atoms with Gasteiger partial charge in [-0.3, -0.25) is 4.79 Å². The Hall–Kier alpha value is -0.780. The van der Waals surface area contributed by atoms with E-state index in [1.54, 1.807) is 0 Å². The first-order valence-corrected chi connectivity index (χ1v) is 5.38. The van der Waals surface area contributed by atoms with Crippen molar-refractivity contribution in [2.45, 2.75) is 19.8 Å². The van der Waals surface area contributed by atoms with Gasteiger partial charge in [0.05, 0.1) is 9.13 Å². The standard InChI is InChI=1S/C10H11IO3/c1-2-3-8(12)6-4-10(14)7(11)5-9(6)13/h4-5,13-14H,2-3H2,1H3. The van der Waals surface area contributed by atoms with Gasteiger partial charge in [-0.1, -0.05) is 6.92 Å². The molecule has 3 nitrogen and oxygen atoms in total. The van der Waals surface area contributed by atoms with Crippen molar-refractivity contribution >= 4 is 28.4 Å². The summed E-state index contributed by atoms with van der Waals surface area (Å²) in [5, 5.41) is 18.8. The summed E-state index contributed by atoms with van der Waals surface area (Å²) in [6.07, 6.45) is 1.11. The Morgan fingerprint density at radius 1 is 1.36 bits per heavy atom. The van der Waals surface area contributed by atoms with Crippen LogP contribution in [0.5, 0.6) is 11.5 Å². The molecule has 1 rings (SSSR count). The zero-order valence-electron chi connectivity index (χ0n) is 7.75. The number of aromatic hydroxyl groups is 2. The first kappa shape index (κ1) is 11.3. The molecule has 0 fully saturated rings. The third-order valence-corrected chi connectivity index (χ3v) is 2.71. The number of phenols is 2. The Morgan fingerprint density at radius 2 is 2.00 bits per heavy atom. The van der Waals surface area contributed by atoms with Gasteiger partial charge in [-0.25, -0.2) is 0 Å². The van der Waals surface area contributed by atoms with Gasteiger partial charge in [-0.15, -0.1) is 0 Å². The molecule has 2 N–H and O–H groups in total. The van der Waals surface area contributed by atoms with Crippen molar-refractivity contribution in [2.75, 3.05) is 0 Å². The lowest BCUT2D eigenvalue weighted by Gasteiger charge is -2.05. The Bertz CT molecular complexity index is 361. The van der Waals surface area contributed by atoms with Crippen molar-refractivity contribution in [2.24, 2.45) is 0 Å². The van der Waals surface area contributed by atoms with Crippen LogP contribution in [0, 0.1) is 3.57 Å². The fourth-order valence-electron chi connectivity index (χ4n) is 1.14. The van der Waals surface area contributed by atoms with Gasteiger partial charge in [0.25, 0.3) is 0 Å². The molecule has 0 atom stereocenters. The summed E-state index contributed by atoms with van der Waals surface area (Å²) < 4.78 is 0.535. The molecule has 0 saturated heterocycles. The number of hydrogen-bond acceptors (Lipinski definition) is 3. The van der Waals surface area contributed by atoms with Crippen LogP contribution in [-0.4, -0.2) is 16.0 Å². The number of Topliss-reactive ketones (excluding diaryl/α,β-unsaturated/α-hetero) is 1. The van der Waals surface area contributed by atoms with Crippen molar-refractivity contribution in [3.8, 4) is 11.5 Å². The van der Waals surface area contributed by atoms with Gasteiger partial charge >= 0.3 is 0 Å². The van der Waals surface area contributed by atoms with Crippen molar-refractivity contribution in [3.05, 3.63) is 21.3 Å². The van der Waals surface area contributed by atoms with E-state index in [0.717, 1.165) is 6.42 Å². The number of carbonyl (C=O) groups is 1. The lowest BCUT2D eigenvalue weighted by Crippen LogP contribution is -1.98. The molecule has 0 aliphatic rings. The SMILES string of the molecule is CCCC(=O)c1cc(O)c(I)cc1O. The van der Waals surface area contributed by atoms with Gasteiger partial charge in [0, 0.05) is 6.42 Å². The van der Waals surface area contributed by atoms with Crippen molar-refractivity contribution in [1.29, 1.82) is 0 Å². The molecule has 0 bridgehead atoms. The average Bonchev–Trinajstić information content (AvgIpc) is 2.11. The lowest BCUT2D eigenvalue weighted by atomic mass is 10.1. The minimum Gasteiger partial charge on any atom is -0.507 e. The molecule has 0 aromatic heterocycles. The van der Waals surface area contributed by atoms with Crippen molar-refractivity contribution in [1.82, 2.24) is 0 Å². The molecule has 0 amide bonds. The second kappa shape index (κ2) is 4.63. The van der Waals surface area contributed by atoms with Gasteiger partial charge in [0.1, 0.15) is 11.5 Å². The monoisotopic (exact) mass is 306 g/mol. The highest BCUT2D eigenvalue weighted by Crippen LogP contribution is 2.29. The third-order valence-electron chi connectivity index (χ3n) is 1.84. The van der Waals surface area contributed by atoms with Gasteiger partial charge in [0.15, 0.2) is 5.78 Å². The Labute approximate surface area is 95.9 Å². The molecule has 76 valence electrons. The summed E-state index contributed by atoms with van der Waals surface area (Å²) in [5.41, 5.74) is 0.199. The molecule has 0 unspecified atom stereocenters. The Kier molecular flexibility index (Phi) is 3.74. The van der Waals surface area contributed by atoms with E-state index < -0.39 is 0 Å². The molecule has 0 aliphatic heterocycles. The molecule has 1 aromatic carbocycles. The van der Waals surface area contributed by atoms with Gasteiger partial charge in [-0.05, 0) is 41.1 Å². The normalized spacial score (nSPS) is 10.1. The maximum absolute atomic E-state index is 11.5. The number of rotatable bonds is 3. The van der Waals surface area contributed by atoms with Crippen LogP contribution in [-0.2, 0) is 0 Å². The molecular weight excluding hydrogens is 295 g/mol. The summed E-state index contributed by atoms with van der Waals surface area (Å²) in [6, 6.07) is 2.70. The number of ketones is 1. The quantitative estimate of drug-likeness (QED) is 0.513. The first-order valence-electron chi connectivity index (χ1n) is 4.31. The summed E-state index contributed by atoms with van der Waals surface area (Å²) in [5.74, 6) is -0.176. The molecule has 0 spiro atoms. The molecular formula is C10H11IO3. The average molecular weight is 306 g/mol. The Balaban J connectivity index is 3.09. The maximum Gasteiger partial charge on any atom is 0.166 e. The molecule has 0 heterocycles. The largest absolute Gasteiger partial charge is 0.507 e. The summed E-state index contributed by atoms with van der Waals surface area (Å²) in [4.78, 5) is 11.5. The van der Waals surface area contributed by atoms with E-state index in [4.69, 9.17) is 0 Å². The van der Waals surface area contributed by atoms with Crippen LogP contribution in [0.2, 0.25) is 0 Å². The molecule has 0 radical (unpaired) electrons. The summed E-state index contributed by atoms with van der Waals surface area (Å²) in [7, 11) is 0. The molecule has 4 heteroatoms. The zero-order valence-corrected chi connectivity index (χ0v) is 9.91. The van der Waals surface area contributed by atoms with E-state index in [2.05, 4.69) is 0 Å². The summed E-state index contributed by atoms with van der Waals surface area (Å²) >= 11 is 1.89. The lowest BCUT2D eigenvalue weighted by molar-refractivity contribution is 0.0978. The van der Waals surface area contributed by atoms with E-state index in [9.17, 15) is 15.0 Å². The molecule has 14 heavy (non-hydrogen) atoms. The van der Waals surface area contributed by atoms with Crippen LogP contribution in [0.25, 0.3) is 0 Å². The predicted octanol–water partition coefficient (Wildman–Crippen LogP) is 2.69. The van der Waals surface area contributed by atoms with Crippen molar-refractivity contribution in [3.63, 3.8) is 0 Å². The molecule has 0 saturated carbocycles. The van der Waals surface area contributed by atoms with Gasteiger partial charge in [0.2, 0.25) is 0 Å². The topological polar surface area (TPSA) is 57.5 Å². The van der Waals surface area contributed by atoms with Crippen LogP contribution < -0.4 is 0 Å². The smallest absolute Gasteiger partial charge is 0.166 e. The second-order valence-electron chi connectivity index (χ2n) is 2.99. The number of carbonyl (C=O) groups excluding carboxylic acids is 1. The Morgan fingerprint density at radius 3 is 2.57 bits per heavy atom. The highest BCUT2D eigenvalue weighted by molar-refractivity contribution is 14.1. The van der Waals surface area contributed by atoms with E-state index in [1.165, 1.54) is 12.1 Å². The molecule has 1 aromatic rings. The van der Waals surface area contributed by atoms with Gasteiger partial charge in [-0.2, -0.15) is 0 Å². The van der Waals surface area contributed by atoms with E-state index in [1.807, 2.05) is 29.5 Å². The van der Waals surface area contributed by atoms with Gasteiger partial charge < -0.3 is 10.2 Å². The van der Waals surface area contributed by atoms with E-state index >= 15 is 0 Å². The first-order chi connectivity index (χ1) is 6.56.